The first-order valence-electron chi connectivity index (χ1n) is 8.95. The summed E-state index contributed by atoms with van der Waals surface area (Å²) < 4.78 is 14.0. The number of halogens is 1. The second-order valence-electron chi connectivity index (χ2n) is 6.84. The number of fused-ring (bicyclic) bond motifs is 1. The van der Waals surface area contributed by atoms with Gasteiger partial charge in [-0.25, -0.2) is 4.39 Å². The monoisotopic (exact) mass is 334 g/mol. The molecule has 0 spiro atoms. The normalized spacial score (nSPS) is 18.6. The number of nitrogens with one attached hydrogen (secondary N) is 1. The van der Waals surface area contributed by atoms with Crippen LogP contribution < -0.4 is 10.2 Å². The number of nitrogens with zero attached hydrogens (tertiary/aromatic N) is 1. The van der Waals surface area contributed by atoms with E-state index in [9.17, 15) is 4.39 Å². The minimum atomic E-state index is -0.134. The van der Waals surface area contributed by atoms with E-state index in [4.69, 9.17) is 0 Å². The molecular formula is C22H23FN2. The van der Waals surface area contributed by atoms with Gasteiger partial charge in [-0.2, -0.15) is 0 Å². The molecule has 1 saturated heterocycles. The molecule has 0 saturated carbocycles. The first-order chi connectivity index (χ1) is 12.2. The van der Waals surface area contributed by atoms with Crippen molar-refractivity contribution in [3.05, 3.63) is 78.1 Å². The third-order valence-corrected chi connectivity index (χ3v) is 5.16. The summed E-state index contributed by atoms with van der Waals surface area (Å²) in [5, 5.41) is 6.31. The lowest BCUT2D eigenvalue weighted by Gasteiger charge is -2.23. The van der Waals surface area contributed by atoms with E-state index in [1.807, 2.05) is 12.1 Å². The highest BCUT2D eigenvalue weighted by molar-refractivity contribution is 5.86. The van der Waals surface area contributed by atoms with E-state index in [2.05, 4.69) is 59.6 Å². The van der Waals surface area contributed by atoms with E-state index in [0.29, 0.717) is 11.7 Å². The highest BCUT2D eigenvalue weighted by Crippen LogP contribution is 2.27. The van der Waals surface area contributed by atoms with Gasteiger partial charge in [-0.15, -0.1) is 0 Å². The van der Waals surface area contributed by atoms with E-state index in [1.54, 1.807) is 6.07 Å². The zero-order valence-electron chi connectivity index (χ0n) is 14.5. The Morgan fingerprint density at radius 1 is 1.00 bits per heavy atom. The first kappa shape index (κ1) is 16.1. The quantitative estimate of drug-likeness (QED) is 0.729. The van der Waals surface area contributed by atoms with Gasteiger partial charge < -0.3 is 10.2 Å². The van der Waals surface area contributed by atoms with Crippen LogP contribution in [-0.2, 0) is 0 Å². The lowest BCUT2D eigenvalue weighted by molar-refractivity contribution is 0.483. The average Bonchev–Trinajstić information content (AvgIpc) is 3.09. The van der Waals surface area contributed by atoms with Gasteiger partial charge >= 0.3 is 0 Å². The molecule has 0 radical (unpaired) electrons. The van der Waals surface area contributed by atoms with Gasteiger partial charge in [0.05, 0.1) is 5.69 Å². The number of para-hydroxylation sites is 1. The Kier molecular flexibility index (Phi) is 4.41. The van der Waals surface area contributed by atoms with E-state index in [-0.39, 0.29) is 11.9 Å². The summed E-state index contributed by atoms with van der Waals surface area (Å²) in [6.45, 7) is 3.95. The van der Waals surface area contributed by atoms with Crippen LogP contribution in [0, 0.1) is 5.82 Å². The van der Waals surface area contributed by atoms with Crippen molar-refractivity contribution in [2.45, 2.75) is 25.4 Å². The lowest BCUT2D eigenvalue weighted by Crippen LogP contribution is -2.34. The Hall–Kier alpha value is -2.39. The highest BCUT2D eigenvalue weighted by Gasteiger charge is 2.25. The predicted octanol–water partition coefficient (Wildman–Crippen LogP) is 4.91. The van der Waals surface area contributed by atoms with Gasteiger partial charge in [0, 0.05) is 25.2 Å². The van der Waals surface area contributed by atoms with E-state index >= 15 is 0 Å². The molecule has 0 unspecified atom stereocenters. The summed E-state index contributed by atoms with van der Waals surface area (Å²) in [7, 11) is 0. The van der Waals surface area contributed by atoms with Crippen LogP contribution in [0.4, 0.5) is 10.1 Å². The van der Waals surface area contributed by atoms with Gasteiger partial charge in [0.2, 0.25) is 0 Å². The van der Waals surface area contributed by atoms with E-state index in [1.165, 1.54) is 22.4 Å². The summed E-state index contributed by atoms with van der Waals surface area (Å²) in [6.07, 6.45) is 1.03. The maximum Gasteiger partial charge on any atom is 0.146 e. The summed E-state index contributed by atoms with van der Waals surface area (Å²) in [6, 6.07) is 22.7. The Balaban J connectivity index is 1.48. The second-order valence-corrected chi connectivity index (χ2v) is 6.84. The number of benzene rings is 3. The summed E-state index contributed by atoms with van der Waals surface area (Å²) in [5.41, 5.74) is 2.03. The summed E-state index contributed by atoms with van der Waals surface area (Å²) in [4.78, 5) is 2.14. The molecule has 2 atom stereocenters. The Morgan fingerprint density at radius 3 is 2.64 bits per heavy atom. The standard InChI is InChI=1S/C22H23FN2/c1-16(19-10-6-8-17-7-2-3-9-20(17)19)24-18-13-14-25(15-18)22-12-5-4-11-21(22)23/h2-12,16,18,24H,13-15H2,1H3/t16-,18+/m1/s1. The van der Waals surface area contributed by atoms with Crippen LogP contribution in [0.25, 0.3) is 10.8 Å². The van der Waals surface area contributed by atoms with Gasteiger partial charge in [-0.05, 0) is 41.8 Å². The Bertz CT molecular complexity index is 871. The van der Waals surface area contributed by atoms with Crippen molar-refractivity contribution < 1.29 is 4.39 Å². The zero-order chi connectivity index (χ0) is 17.2. The molecule has 25 heavy (non-hydrogen) atoms. The Morgan fingerprint density at radius 2 is 1.76 bits per heavy atom. The molecule has 1 aliphatic rings. The number of hydrogen-bond donors (Lipinski definition) is 1. The van der Waals surface area contributed by atoms with Gasteiger partial charge in [0.15, 0.2) is 0 Å². The van der Waals surface area contributed by atoms with Crippen molar-refractivity contribution in [2.24, 2.45) is 0 Å². The molecule has 1 aliphatic heterocycles. The molecule has 0 aliphatic carbocycles. The van der Waals surface area contributed by atoms with Crippen LogP contribution in [0.3, 0.4) is 0 Å². The molecule has 0 aromatic heterocycles. The molecule has 1 fully saturated rings. The highest BCUT2D eigenvalue weighted by atomic mass is 19.1. The number of hydrogen-bond acceptors (Lipinski definition) is 2. The maximum absolute atomic E-state index is 14.0. The average molecular weight is 334 g/mol. The van der Waals surface area contributed by atoms with Crippen LogP contribution in [-0.4, -0.2) is 19.1 Å². The second kappa shape index (κ2) is 6.85. The minimum absolute atomic E-state index is 0.134. The van der Waals surface area contributed by atoms with Crippen LogP contribution in [0.2, 0.25) is 0 Å². The molecule has 3 aromatic rings. The van der Waals surface area contributed by atoms with Crippen molar-refractivity contribution in [2.75, 3.05) is 18.0 Å². The van der Waals surface area contributed by atoms with Crippen molar-refractivity contribution in [3.63, 3.8) is 0 Å². The van der Waals surface area contributed by atoms with Crippen LogP contribution in [0.5, 0.6) is 0 Å². The maximum atomic E-state index is 14.0. The summed E-state index contributed by atoms with van der Waals surface area (Å²) >= 11 is 0. The fraction of sp³-hybridized carbons (Fsp3) is 0.273. The number of rotatable bonds is 4. The third-order valence-electron chi connectivity index (χ3n) is 5.16. The van der Waals surface area contributed by atoms with Crippen LogP contribution in [0.1, 0.15) is 24.9 Å². The van der Waals surface area contributed by atoms with Crippen LogP contribution in [0.15, 0.2) is 66.7 Å². The molecule has 128 valence electrons. The molecule has 4 rings (SSSR count). The molecule has 3 aromatic carbocycles. The molecular weight excluding hydrogens is 311 g/mol. The molecule has 0 amide bonds. The predicted molar refractivity (Wildman–Crippen MR) is 103 cm³/mol. The number of anilines is 1. The van der Waals surface area contributed by atoms with Crippen molar-refractivity contribution in [1.82, 2.24) is 5.32 Å². The van der Waals surface area contributed by atoms with E-state index < -0.39 is 0 Å². The third kappa shape index (κ3) is 3.24. The topological polar surface area (TPSA) is 15.3 Å². The zero-order valence-corrected chi connectivity index (χ0v) is 14.5. The van der Waals surface area contributed by atoms with E-state index in [0.717, 1.165) is 19.5 Å². The summed E-state index contributed by atoms with van der Waals surface area (Å²) in [5.74, 6) is -0.134. The van der Waals surface area contributed by atoms with Crippen molar-refractivity contribution in [1.29, 1.82) is 0 Å². The van der Waals surface area contributed by atoms with Gasteiger partial charge in [0.1, 0.15) is 5.82 Å². The van der Waals surface area contributed by atoms with Gasteiger partial charge in [-0.3, -0.25) is 0 Å². The molecule has 2 nitrogen and oxygen atoms in total. The molecule has 1 heterocycles. The first-order valence-corrected chi connectivity index (χ1v) is 8.95. The largest absolute Gasteiger partial charge is 0.368 e. The van der Waals surface area contributed by atoms with Gasteiger partial charge in [-0.1, -0.05) is 54.6 Å². The van der Waals surface area contributed by atoms with Gasteiger partial charge in [0.25, 0.3) is 0 Å². The fourth-order valence-corrected chi connectivity index (χ4v) is 3.89. The SMILES string of the molecule is C[C@@H](N[C@H]1CCN(c2ccccc2F)C1)c1cccc2ccccc12. The smallest absolute Gasteiger partial charge is 0.146 e. The van der Waals surface area contributed by atoms with Crippen molar-refractivity contribution in [3.8, 4) is 0 Å². The van der Waals surface area contributed by atoms with Crippen LogP contribution >= 0.6 is 0 Å². The lowest BCUT2D eigenvalue weighted by atomic mass is 9.99. The Labute approximate surface area is 148 Å². The minimum Gasteiger partial charge on any atom is -0.368 e. The fourth-order valence-electron chi connectivity index (χ4n) is 3.89. The van der Waals surface area contributed by atoms with Crippen molar-refractivity contribution >= 4 is 16.5 Å². The molecule has 1 N–H and O–H groups in total. The molecule has 0 bridgehead atoms. The molecule has 3 heteroatoms.